The van der Waals surface area contributed by atoms with E-state index in [4.69, 9.17) is 5.11 Å². The molecule has 0 aliphatic heterocycles. The van der Waals surface area contributed by atoms with E-state index in [2.05, 4.69) is 10.6 Å². The second-order valence-electron chi connectivity index (χ2n) is 5.50. The standard InChI is InChI=1S/C15H20N2O3/c1-11-4-6-12(7-5-11)16-14(20)17-15(10-13(18)19)8-2-3-9-15/h4-7H,2-3,8-10H2,1H3,(H,18,19)(H2,16,17,20). The lowest BCUT2D eigenvalue weighted by Crippen LogP contribution is -2.49. The Morgan fingerprint density at radius 2 is 1.80 bits per heavy atom. The first kappa shape index (κ1) is 14.4. The molecule has 0 atom stereocenters. The van der Waals surface area contributed by atoms with Gasteiger partial charge >= 0.3 is 12.0 Å². The van der Waals surface area contributed by atoms with E-state index in [1.165, 1.54) is 0 Å². The number of nitrogens with one attached hydrogen (secondary N) is 2. The maximum Gasteiger partial charge on any atom is 0.319 e. The van der Waals surface area contributed by atoms with Crippen molar-refractivity contribution in [2.45, 2.75) is 44.6 Å². The van der Waals surface area contributed by atoms with Crippen molar-refractivity contribution in [3.8, 4) is 0 Å². The van der Waals surface area contributed by atoms with E-state index in [1.807, 2.05) is 31.2 Å². The first-order chi connectivity index (χ1) is 9.49. The van der Waals surface area contributed by atoms with Gasteiger partial charge in [-0.15, -0.1) is 0 Å². The van der Waals surface area contributed by atoms with Crippen molar-refractivity contribution in [3.05, 3.63) is 29.8 Å². The molecule has 2 amide bonds. The van der Waals surface area contributed by atoms with Crippen molar-refractivity contribution in [1.82, 2.24) is 5.32 Å². The second kappa shape index (κ2) is 5.94. The maximum atomic E-state index is 12.0. The summed E-state index contributed by atoms with van der Waals surface area (Å²) >= 11 is 0. The molecule has 0 saturated heterocycles. The Labute approximate surface area is 118 Å². The molecule has 5 nitrogen and oxygen atoms in total. The van der Waals surface area contributed by atoms with Crippen molar-refractivity contribution in [2.24, 2.45) is 0 Å². The molecule has 1 aliphatic carbocycles. The van der Waals surface area contributed by atoms with Crippen molar-refractivity contribution >= 4 is 17.7 Å². The number of aliphatic carboxylic acids is 1. The third-order valence-electron chi connectivity index (χ3n) is 3.74. The SMILES string of the molecule is Cc1ccc(NC(=O)NC2(CC(=O)O)CCCC2)cc1. The highest BCUT2D eigenvalue weighted by Gasteiger charge is 2.37. The lowest BCUT2D eigenvalue weighted by atomic mass is 9.93. The van der Waals surface area contributed by atoms with Gasteiger partial charge in [-0.1, -0.05) is 30.5 Å². The molecular formula is C15H20N2O3. The van der Waals surface area contributed by atoms with Crippen LogP contribution in [0.5, 0.6) is 0 Å². The summed E-state index contributed by atoms with van der Waals surface area (Å²) < 4.78 is 0. The van der Waals surface area contributed by atoms with Gasteiger partial charge in [0.15, 0.2) is 0 Å². The molecule has 0 spiro atoms. The summed E-state index contributed by atoms with van der Waals surface area (Å²) in [5.74, 6) is -0.873. The molecule has 20 heavy (non-hydrogen) atoms. The Morgan fingerprint density at radius 1 is 1.20 bits per heavy atom. The van der Waals surface area contributed by atoms with Crippen LogP contribution in [0, 0.1) is 6.92 Å². The first-order valence-electron chi connectivity index (χ1n) is 6.87. The maximum absolute atomic E-state index is 12.0. The number of carboxylic acid groups (broad SMARTS) is 1. The Hall–Kier alpha value is -2.04. The van der Waals surface area contributed by atoms with Gasteiger partial charge in [-0.05, 0) is 31.9 Å². The third-order valence-corrected chi connectivity index (χ3v) is 3.74. The third kappa shape index (κ3) is 3.73. The van der Waals surface area contributed by atoms with Gasteiger partial charge < -0.3 is 15.7 Å². The molecule has 1 aliphatic rings. The van der Waals surface area contributed by atoms with Crippen LogP contribution in [-0.4, -0.2) is 22.6 Å². The highest BCUT2D eigenvalue weighted by molar-refractivity contribution is 5.90. The van der Waals surface area contributed by atoms with Gasteiger partial charge in [0.2, 0.25) is 0 Å². The molecule has 0 heterocycles. The number of anilines is 1. The first-order valence-corrected chi connectivity index (χ1v) is 6.87. The van der Waals surface area contributed by atoms with Crippen LogP contribution < -0.4 is 10.6 Å². The molecule has 108 valence electrons. The van der Waals surface area contributed by atoms with Crippen LogP contribution in [0.2, 0.25) is 0 Å². The van der Waals surface area contributed by atoms with Crippen molar-refractivity contribution < 1.29 is 14.7 Å². The van der Waals surface area contributed by atoms with Crippen LogP contribution in [0.3, 0.4) is 0 Å². The van der Waals surface area contributed by atoms with E-state index < -0.39 is 11.5 Å². The van der Waals surface area contributed by atoms with E-state index >= 15 is 0 Å². The highest BCUT2D eigenvalue weighted by Crippen LogP contribution is 2.32. The topological polar surface area (TPSA) is 78.4 Å². The minimum absolute atomic E-state index is 0.0195. The molecular weight excluding hydrogens is 256 g/mol. The van der Waals surface area contributed by atoms with E-state index in [1.54, 1.807) is 0 Å². The molecule has 0 radical (unpaired) electrons. The number of carbonyl (C=O) groups is 2. The summed E-state index contributed by atoms with van der Waals surface area (Å²) in [5.41, 5.74) is 1.23. The van der Waals surface area contributed by atoms with Gasteiger partial charge in [0, 0.05) is 5.69 Å². The van der Waals surface area contributed by atoms with Gasteiger partial charge in [0.1, 0.15) is 0 Å². The molecule has 5 heteroatoms. The Kier molecular flexibility index (Phi) is 4.27. The number of carboxylic acids is 1. The average Bonchev–Trinajstić information content (AvgIpc) is 2.79. The molecule has 0 aromatic heterocycles. The number of rotatable bonds is 4. The molecule has 0 bridgehead atoms. The minimum Gasteiger partial charge on any atom is -0.481 e. The summed E-state index contributed by atoms with van der Waals surface area (Å²) in [6.07, 6.45) is 3.34. The smallest absolute Gasteiger partial charge is 0.319 e. The fourth-order valence-electron chi connectivity index (χ4n) is 2.73. The molecule has 3 N–H and O–H groups in total. The van der Waals surface area contributed by atoms with Crippen LogP contribution in [0.1, 0.15) is 37.7 Å². The predicted molar refractivity (Wildman–Crippen MR) is 76.8 cm³/mol. The van der Waals surface area contributed by atoms with Crippen LogP contribution in [-0.2, 0) is 4.79 Å². The van der Waals surface area contributed by atoms with E-state index in [9.17, 15) is 9.59 Å². The molecule has 1 fully saturated rings. The van der Waals surface area contributed by atoms with Gasteiger partial charge in [-0.3, -0.25) is 4.79 Å². The van der Waals surface area contributed by atoms with E-state index in [-0.39, 0.29) is 12.5 Å². The molecule has 2 rings (SSSR count). The minimum atomic E-state index is -0.873. The Morgan fingerprint density at radius 3 is 2.35 bits per heavy atom. The fourth-order valence-corrected chi connectivity index (χ4v) is 2.73. The molecule has 0 unspecified atom stereocenters. The van der Waals surface area contributed by atoms with Crippen molar-refractivity contribution in [2.75, 3.05) is 5.32 Å². The van der Waals surface area contributed by atoms with E-state index in [0.29, 0.717) is 5.69 Å². The lowest BCUT2D eigenvalue weighted by Gasteiger charge is -2.28. The van der Waals surface area contributed by atoms with Gasteiger partial charge in [0.05, 0.1) is 12.0 Å². The van der Waals surface area contributed by atoms with Crippen molar-refractivity contribution in [3.63, 3.8) is 0 Å². The highest BCUT2D eigenvalue weighted by atomic mass is 16.4. The number of benzene rings is 1. The summed E-state index contributed by atoms with van der Waals surface area (Å²) in [6.45, 7) is 1.98. The predicted octanol–water partition coefficient (Wildman–Crippen LogP) is 2.90. The number of urea groups is 1. The summed E-state index contributed by atoms with van der Waals surface area (Å²) in [4.78, 5) is 23.0. The van der Waals surface area contributed by atoms with Crippen LogP contribution >= 0.6 is 0 Å². The van der Waals surface area contributed by atoms with Gasteiger partial charge in [-0.25, -0.2) is 4.79 Å². The number of aryl methyl sites for hydroxylation is 1. The van der Waals surface area contributed by atoms with Crippen LogP contribution in [0.15, 0.2) is 24.3 Å². The normalized spacial score (nSPS) is 16.6. The second-order valence-corrected chi connectivity index (χ2v) is 5.50. The monoisotopic (exact) mass is 276 g/mol. The van der Waals surface area contributed by atoms with Gasteiger partial charge in [-0.2, -0.15) is 0 Å². The number of hydrogen-bond donors (Lipinski definition) is 3. The largest absolute Gasteiger partial charge is 0.481 e. The quantitative estimate of drug-likeness (QED) is 0.791. The lowest BCUT2D eigenvalue weighted by molar-refractivity contribution is -0.138. The van der Waals surface area contributed by atoms with Crippen molar-refractivity contribution in [1.29, 1.82) is 0 Å². The van der Waals surface area contributed by atoms with E-state index in [0.717, 1.165) is 31.2 Å². The molecule has 1 aromatic rings. The summed E-state index contributed by atoms with van der Waals surface area (Å²) in [5, 5.41) is 14.6. The van der Waals surface area contributed by atoms with Crippen LogP contribution in [0.4, 0.5) is 10.5 Å². The zero-order chi connectivity index (χ0) is 14.6. The zero-order valence-corrected chi connectivity index (χ0v) is 11.6. The number of hydrogen-bond acceptors (Lipinski definition) is 2. The van der Waals surface area contributed by atoms with Gasteiger partial charge in [0.25, 0.3) is 0 Å². The Bertz CT molecular complexity index is 490. The van der Waals surface area contributed by atoms with Crippen LogP contribution in [0.25, 0.3) is 0 Å². The molecule has 1 aromatic carbocycles. The summed E-state index contributed by atoms with van der Waals surface area (Å²) in [7, 11) is 0. The summed E-state index contributed by atoms with van der Waals surface area (Å²) in [6, 6.07) is 7.15. The fraction of sp³-hybridized carbons (Fsp3) is 0.467. The molecule has 1 saturated carbocycles. The Balaban J connectivity index is 1.98. The average molecular weight is 276 g/mol. The number of amides is 2. The zero-order valence-electron chi connectivity index (χ0n) is 11.6. The number of carbonyl (C=O) groups excluding carboxylic acids is 1.